The van der Waals surface area contributed by atoms with Gasteiger partial charge in [-0.25, -0.2) is 0 Å². The lowest BCUT2D eigenvalue weighted by Gasteiger charge is -2.39. The zero-order valence-electron chi connectivity index (χ0n) is 47.0. The molecular weight excluding hydrogens is 973 g/mol. The lowest BCUT2D eigenvalue weighted by molar-refractivity contribution is -0.302. The van der Waals surface area contributed by atoms with Crippen LogP contribution in [-0.4, -0.2) is 208 Å². The molecule has 0 bridgehead atoms. The Bertz CT molecular complexity index is 1190. The number of ether oxygens (including phenoxy) is 10. The van der Waals surface area contributed by atoms with Crippen LogP contribution in [0.4, 0.5) is 0 Å². The minimum atomic E-state index is -1.54. The van der Waals surface area contributed by atoms with Crippen LogP contribution in [0.1, 0.15) is 194 Å². The summed E-state index contributed by atoms with van der Waals surface area (Å²) in [7, 11) is 0. The van der Waals surface area contributed by atoms with Crippen LogP contribution in [0.15, 0.2) is 0 Å². The van der Waals surface area contributed by atoms with E-state index in [1.165, 1.54) is 154 Å². The Labute approximate surface area is 453 Å². The molecule has 0 saturated carbocycles. The third-order valence-electron chi connectivity index (χ3n) is 14.4. The standard InChI is InChI=1S/C57H112O18/c1-3-5-7-9-11-13-15-17-19-21-23-25-27-29-31-68-43-57(46-71-38-40-73-56-54(65)52(63)50(61)48(42-59)75-56,44-69-32-30-28-26-24-22-20-18-16-14-12-10-8-6-4-2)45-70-36-35-66-33-34-67-37-39-72-55-53(64)51(62)49(60)47(41-58)74-55/h47-56,58-65H,3-46H2,1-2H3/t47-,48-,49-,50-,51+,52+,53+,54+,55+,56+/m1/s1. The first kappa shape index (κ1) is 70.4. The molecule has 18 heteroatoms. The molecule has 2 heterocycles. The first-order valence-corrected chi connectivity index (χ1v) is 29.9. The Balaban J connectivity index is 1.88. The second-order valence-electron chi connectivity index (χ2n) is 21.3. The van der Waals surface area contributed by atoms with E-state index in [1.807, 2.05) is 0 Å². The van der Waals surface area contributed by atoms with Crippen molar-refractivity contribution in [3.8, 4) is 0 Å². The first-order valence-electron chi connectivity index (χ1n) is 29.9. The molecule has 448 valence electrons. The number of aliphatic hydroxyl groups excluding tert-OH is 8. The lowest BCUT2D eigenvalue weighted by atomic mass is 9.92. The van der Waals surface area contributed by atoms with Gasteiger partial charge in [0.2, 0.25) is 0 Å². The topological polar surface area (TPSA) is 254 Å². The van der Waals surface area contributed by atoms with Crippen LogP contribution in [0, 0.1) is 5.41 Å². The third kappa shape index (κ3) is 33.6. The van der Waals surface area contributed by atoms with Crippen LogP contribution in [-0.2, 0) is 47.4 Å². The van der Waals surface area contributed by atoms with Gasteiger partial charge >= 0.3 is 0 Å². The van der Waals surface area contributed by atoms with Gasteiger partial charge in [-0.05, 0) is 12.8 Å². The van der Waals surface area contributed by atoms with E-state index in [9.17, 15) is 40.9 Å². The average molecular weight is 1090 g/mol. The molecule has 0 radical (unpaired) electrons. The van der Waals surface area contributed by atoms with Gasteiger partial charge in [0.05, 0.1) is 97.9 Å². The van der Waals surface area contributed by atoms with Gasteiger partial charge in [0.25, 0.3) is 0 Å². The molecule has 10 atom stereocenters. The zero-order valence-corrected chi connectivity index (χ0v) is 47.0. The molecule has 2 aliphatic heterocycles. The van der Waals surface area contributed by atoms with E-state index < -0.39 is 80.0 Å². The van der Waals surface area contributed by atoms with Crippen molar-refractivity contribution in [2.75, 3.05) is 106 Å². The second kappa shape index (κ2) is 48.0. The van der Waals surface area contributed by atoms with Crippen molar-refractivity contribution in [3.63, 3.8) is 0 Å². The van der Waals surface area contributed by atoms with E-state index in [0.717, 1.165) is 25.7 Å². The SMILES string of the molecule is CCCCCCCCCCCCCCCCOCC(COCCCCCCCCCCCCCCCC)(COCCOCCOCCO[C@H]1O[C@H](CO)[C@@H](O)[C@H](O)[C@@H]1O)COCCO[C@H]1O[C@H](CO)[C@@H](O)[C@H](O)[C@@H]1O. The maximum atomic E-state index is 10.5. The molecule has 2 aliphatic rings. The highest BCUT2D eigenvalue weighted by Gasteiger charge is 2.45. The Morgan fingerprint density at radius 3 is 0.853 bits per heavy atom. The lowest BCUT2D eigenvalue weighted by Crippen LogP contribution is -2.59. The van der Waals surface area contributed by atoms with E-state index in [0.29, 0.717) is 39.6 Å². The van der Waals surface area contributed by atoms with Crippen LogP contribution >= 0.6 is 0 Å². The predicted octanol–water partition coefficient (Wildman–Crippen LogP) is 6.67. The highest BCUT2D eigenvalue weighted by Crippen LogP contribution is 2.25. The molecule has 18 nitrogen and oxygen atoms in total. The quantitative estimate of drug-likeness (QED) is 0.0296. The van der Waals surface area contributed by atoms with Gasteiger partial charge in [-0.15, -0.1) is 0 Å². The number of rotatable bonds is 54. The maximum absolute atomic E-state index is 10.5. The fourth-order valence-corrected chi connectivity index (χ4v) is 9.50. The molecule has 0 unspecified atom stereocenters. The minimum absolute atomic E-state index is 0.00915. The van der Waals surface area contributed by atoms with Crippen LogP contribution in [0.3, 0.4) is 0 Å². The van der Waals surface area contributed by atoms with Crippen molar-refractivity contribution < 1.29 is 88.2 Å². The molecule has 0 aromatic rings. The summed E-state index contributed by atoms with van der Waals surface area (Å²) in [5.74, 6) is 0. The average Bonchev–Trinajstić information content (AvgIpc) is 3.41. The molecule has 0 aromatic heterocycles. The van der Waals surface area contributed by atoms with Crippen molar-refractivity contribution in [3.05, 3.63) is 0 Å². The summed E-state index contributed by atoms with van der Waals surface area (Å²) in [6, 6.07) is 0. The number of aliphatic hydroxyl groups is 8. The fourth-order valence-electron chi connectivity index (χ4n) is 9.50. The Morgan fingerprint density at radius 2 is 0.547 bits per heavy atom. The summed E-state index contributed by atoms with van der Waals surface area (Å²) in [6.45, 7) is 7.31. The van der Waals surface area contributed by atoms with Gasteiger partial charge in [0, 0.05) is 13.2 Å². The van der Waals surface area contributed by atoms with Gasteiger partial charge in [-0.2, -0.15) is 0 Å². The molecule has 2 rings (SSSR count). The van der Waals surface area contributed by atoms with Crippen LogP contribution < -0.4 is 0 Å². The Hall–Kier alpha value is -0.720. The maximum Gasteiger partial charge on any atom is 0.186 e. The van der Waals surface area contributed by atoms with E-state index >= 15 is 0 Å². The minimum Gasteiger partial charge on any atom is -0.394 e. The van der Waals surface area contributed by atoms with Crippen molar-refractivity contribution >= 4 is 0 Å². The fraction of sp³-hybridized carbons (Fsp3) is 1.00. The number of hydrogen-bond acceptors (Lipinski definition) is 18. The van der Waals surface area contributed by atoms with Gasteiger partial charge in [0.1, 0.15) is 48.8 Å². The highest BCUT2D eigenvalue weighted by atomic mass is 16.7. The highest BCUT2D eigenvalue weighted by molar-refractivity contribution is 4.90. The largest absolute Gasteiger partial charge is 0.394 e. The first-order chi connectivity index (χ1) is 36.6. The van der Waals surface area contributed by atoms with Gasteiger partial charge in [-0.3, -0.25) is 0 Å². The van der Waals surface area contributed by atoms with Crippen molar-refractivity contribution in [1.29, 1.82) is 0 Å². The summed E-state index contributed by atoms with van der Waals surface area (Å²) >= 11 is 0. The molecule has 0 spiro atoms. The van der Waals surface area contributed by atoms with Gasteiger partial charge in [0.15, 0.2) is 12.6 Å². The van der Waals surface area contributed by atoms with E-state index in [2.05, 4.69) is 13.8 Å². The molecule has 0 aromatic carbocycles. The van der Waals surface area contributed by atoms with Gasteiger partial charge < -0.3 is 88.2 Å². The summed E-state index contributed by atoms with van der Waals surface area (Å²) in [6.07, 6.45) is 22.3. The predicted molar refractivity (Wildman–Crippen MR) is 287 cm³/mol. The van der Waals surface area contributed by atoms with E-state index in [4.69, 9.17) is 47.4 Å². The monoisotopic (exact) mass is 1080 g/mol. The molecule has 75 heavy (non-hydrogen) atoms. The third-order valence-corrected chi connectivity index (χ3v) is 14.4. The molecule has 2 saturated heterocycles. The van der Waals surface area contributed by atoms with E-state index in [-0.39, 0.29) is 52.9 Å². The number of hydrogen-bond donors (Lipinski definition) is 8. The summed E-state index contributed by atoms with van der Waals surface area (Å²) in [5.41, 5.74) is -0.667. The van der Waals surface area contributed by atoms with Crippen LogP contribution in [0.5, 0.6) is 0 Å². The normalized spacial score (nSPS) is 24.4. The van der Waals surface area contributed by atoms with Crippen molar-refractivity contribution in [2.45, 2.75) is 255 Å². The molecule has 0 aliphatic carbocycles. The summed E-state index contributed by atoms with van der Waals surface area (Å²) in [4.78, 5) is 0. The van der Waals surface area contributed by atoms with E-state index in [1.54, 1.807) is 0 Å². The molecule has 8 N–H and O–H groups in total. The van der Waals surface area contributed by atoms with Crippen LogP contribution in [0.2, 0.25) is 0 Å². The zero-order chi connectivity index (χ0) is 54.5. The molecule has 2 fully saturated rings. The second-order valence-corrected chi connectivity index (χ2v) is 21.3. The number of unbranched alkanes of at least 4 members (excludes halogenated alkanes) is 26. The Kier molecular flexibility index (Phi) is 45.1. The van der Waals surface area contributed by atoms with Gasteiger partial charge in [-0.1, -0.05) is 181 Å². The summed E-state index contributed by atoms with van der Waals surface area (Å²) in [5, 5.41) is 80.0. The molecule has 0 amide bonds. The smallest absolute Gasteiger partial charge is 0.186 e. The molecular formula is C57H112O18. The van der Waals surface area contributed by atoms with Crippen molar-refractivity contribution in [1.82, 2.24) is 0 Å². The Morgan fingerprint density at radius 1 is 0.293 bits per heavy atom. The summed E-state index contributed by atoms with van der Waals surface area (Å²) < 4.78 is 58.7. The van der Waals surface area contributed by atoms with Crippen molar-refractivity contribution in [2.24, 2.45) is 5.41 Å². The van der Waals surface area contributed by atoms with Crippen LogP contribution in [0.25, 0.3) is 0 Å².